The quantitative estimate of drug-likeness (QED) is 0.738. The third-order valence-corrected chi connectivity index (χ3v) is 2.55. The normalized spacial score (nSPS) is 12.4. The van der Waals surface area contributed by atoms with Gasteiger partial charge in [-0.2, -0.15) is 0 Å². The molecule has 0 aromatic heterocycles. The van der Waals surface area contributed by atoms with Gasteiger partial charge in [-0.25, -0.2) is 0 Å². The third-order valence-electron chi connectivity index (χ3n) is 2.06. The maximum Gasteiger partial charge on any atom is 0.304 e. The van der Waals surface area contributed by atoms with E-state index in [9.17, 15) is 4.79 Å². The first kappa shape index (κ1) is 13.2. The summed E-state index contributed by atoms with van der Waals surface area (Å²) < 4.78 is 1.03. The molecule has 0 heterocycles. The van der Waals surface area contributed by atoms with Crippen LogP contribution in [0, 0.1) is 0 Å². The number of benzene rings is 1. The van der Waals surface area contributed by atoms with Gasteiger partial charge in [-0.15, -0.1) is 0 Å². The minimum Gasteiger partial charge on any atom is -0.481 e. The summed E-state index contributed by atoms with van der Waals surface area (Å²) in [6.45, 7) is 1.19. The molecule has 4 nitrogen and oxygen atoms in total. The molecule has 0 radical (unpaired) electrons. The molecule has 0 aliphatic rings. The van der Waals surface area contributed by atoms with Crippen molar-refractivity contribution in [2.75, 3.05) is 6.54 Å². The van der Waals surface area contributed by atoms with Gasteiger partial charge in [-0.05, 0) is 17.7 Å². The minimum atomic E-state index is -0.864. The Morgan fingerprint density at radius 1 is 1.56 bits per heavy atom. The van der Waals surface area contributed by atoms with Crippen LogP contribution in [-0.2, 0) is 11.3 Å². The number of hydrogen-bond donors (Lipinski definition) is 3. The fraction of sp³-hybridized carbons (Fsp3) is 0.364. The molecule has 0 aliphatic heterocycles. The maximum absolute atomic E-state index is 10.4. The molecule has 0 amide bonds. The summed E-state index contributed by atoms with van der Waals surface area (Å²) in [5.74, 6) is -0.864. The van der Waals surface area contributed by atoms with E-state index in [2.05, 4.69) is 21.2 Å². The molecule has 88 valence electrons. The molecule has 0 spiro atoms. The van der Waals surface area contributed by atoms with E-state index in [0.29, 0.717) is 13.1 Å². The molecule has 0 saturated heterocycles. The van der Waals surface area contributed by atoms with E-state index in [1.807, 2.05) is 24.3 Å². The molecule has 16 heavy (non-hydrogen) atoms. The Morgan fingerprint density at radius 2 is 2.31 bits per heavy atom. The van der Waals surface area contributed by atoms with E-state index < -0.39 is 5.97 Å². The number of carbonyl (C=O) groups is 1. The SMILES string of the molecule is NC(CNCc1cccc(Br)c1)CC(=O)O. The lowest BCUT2D eigenvalue weighted by Crippen LogP contribution is -2.35. The third kappa shape index (κ3) is 5.25. The summed E-state index contributed by atoms with van der Waals surface area (Å²) in [5, 5.41) is 11.6. The van der Waals surface area contributed by atoms with E-state index in [-0.39, 0.29) is 12.5 Å². The first-order chi connectivity index (χ1) is 7.58. The van der Waals surface area contributed by atoms with Crippen LogP contribution in [-0.4, -0.2) is 23.7 Å². The molecule has 1 rings (SSSR count). The van der Waals surface area contributed by atoms with Gasteiger partial charge >= 0.3 is 5.97 Å². The standard InChI is InChI=1S/C11H15BrN2O2/c12-9-3-1-2-8(4-9)6-14-7-10(13)5-11(15)16/h1-4,10,14H,5-7,13H2,(H,15,16). The molecule has 4 N–H and O–H groups in total. The Hall–Kier alpha value is -0.910. The van der Waals surface area contributed by atoms with Gasteiger partial charge in [0.05, 0.1) is 6.42 Å². The fourth-order valence-corrected chi connectivity index (χ4v) is 1.79. The van der Waals surface area contributed by atoms with Crippen LogP contribution in [0.1, 0.15) is 12.0 Å². The van der Waals surface area contributed by atoms with Gasteiger partial charge in [0.1, 0.15) is 0 Å². The number of nitrogens with one attached hydrogen (secondary N) is 1. The fourth-order valence-electron chi connectivity index (χ4n) is 1.35. The summed E-state index contributed by atoms with van der Waals surface area (Å²) in [6.07, 6.45) is -0.00845. The van der Waals surface area contributed by atoms with Gasteiger partial charge in [-0.3, -0.25) is 4.79 Å². The van der Waals surface area contributed by atoms with E-state index >= 15 is 0 Å². The highest BCUT2D eigenvalue weighted by Gasteiger charge is 2.06. The highest BCUT2D eigenvalue weighted by molar-refractivity contribution is 9.10. The lowest BCUT2D eigenvalue weighted by molar-refractivity contribution is -0.137. The lowest BCUT2D eigenvalue weighted by Gasteiger charge is -2.10. The van der Waals surface area contributed by atoms with Crippen molar-refractivity contribution in [2.45, 2.75) is 19.0 Å². The van der Waals surface area contributed by atoms with Crippen LogP contribution in [0.15, 0.2) is 28.7 Å². The molecule has 1 aromatic carbocycles. The second-order valence-corrected chi connectivity index (χ2v) is 4.53. The Balaban J connectivity index is 2.27. The van der Waals surface area contributed by atoms with E-state index in [0.717, 1.165) is 10.0 Å². The first-order valence-corrected chi connectivity index (χ1v) is 5.80. The maximum atomic E-state index is 10.4. The number of hydrogen-bond acceptors (Lipinski definition) is 3. The summed E-state index contributed by atoms with van der Waals surface area (Å²) in [4.78, 5) is 10.4. The molecule has 0 bridgehead atoms. The Kier molecular flexibility index (Phi) is 5.45. The van der Waals surface area contributed by atoms with Gasteiger partial charge in [-0.1, -0.05) is 28.1 Å². The summed E-state index contributed by atoms with van der Waals surface area (Å²) in [7, 11) is 0. The van der Waals surface area contributed by atoms with Gasteiger partial charge in [0.15, 0.2) is 0 Å². The molecule has 1 unspecified atom stereocenters. The predicted octanol–water partition coefficient (Wildman–Crippen LogP) is 1.34. The zero-order valence-corrected chi connectivity index (χ0v) is 10.4. The average molecular weight is 287 g/mol. The van der Waals surface area contributed by atoms with Crippen LogP contribution < -0.4 is 11.1 Å². The Bertz CT molecular complexity index is 358. The first-order valence-electron chi connectivity index (χ1n) is 5.00. The van der Waals surface area contributed by atoms with Crippen molar-refractivity contribution in [1.82, 2.24) is 5.32 Å². The second-order valence-electron chi connectivity index (χ2n) is 3.62. The van der Waals surface area contributed by atoms with Crippen molar-refractivity contribution in [3.63, 3.8) is 0 Å². The molecule has 0 fully saturated rings. The second kappa shape index (κ2) is 6.62. The lowest BCUT2D eigenvalue weighted by atomic mass is 10.2. The molecule has 0 saturated carbocycles. The zero-order chi connectivity index (χ0) is 12.0. The van der Waals surface area contributed by atoms with Gasteiger partial charge in [0, 0.05) is 23.6 Å². The molecule has 1 atom stereocenters. The van der Waals surface area contributed by atoms with Crippen LogP contribution >= 0.6 is 15.9 Å². The number of nitrogens with two attached hydrogens (primary N) is 1. The van der Waals surface area contributed by atoms with Gasteiger partial charge in [0.2, 0.25) is 0 Å². The molecular weight excluding hydrogens is 272 g/mol. The van der Waals surface area contributed by atoms with Crippen LogP contribution in [0.5, 0.6) is 0 Å². The van der Waals surface area contributed by atoms with Crippen LogP contribution in [0.25, 0.3) is 0 Å². The molecule has 0 aliphatic carbocycles. The molecule has 1 aromatic rings. The number of aliphatic carboxylic acids is 1. The Labute approximate surface area is 103 Å². The summed E-state index contributed by atoms with van der Waals surface area (Å²) in [5.41, 5.74) is 6.75. The number of carboxylic acid groups (broad SMARTS) is 1. The van der Waals surface area contributed by atoms with Crippen molar-refractivity contribution < 1.29 is 9.90 Å². The molecule has 5 heteroatoms. The van der Waals surface area contributed by atoms with Crippen molar-refractivity contribution in [2.24, 2.45) is 5.73 Å². The van der Waals surface area contributed by atoms with E-state index in [1.54, 1.807) is 0 Å². The smallest absolute Gasteiger partial charge is 0.304 e. The predicted molar refractivity (Wildman–Crippen MR) is 66.1 cm³/mol. The van der Waals surface area contributed by atoms with Crippen molar-refractivity contribution in [3.05, 3.63) is 34.3 Å². The summed E-state index contributed by atoms with van der Waals surface area (Å²) >= 11 is 3.39. The van der Waals surface area contributed by atoms with E-state index in [1.165, 1.54) is 0 Å². The zero-order valence-electron chi connectivity index (χ0n) is 8.82. The summed E-state index contributed by atoms with van der Waals surface area (Å²) in [6, 6.07) is 7.58. The highest BCUT2D eigenvalue weighted by Crippen LogP contribution is 2.11. The van der Waals surface area contributed by atoms with Crippen molar-refractivity contribution in [3.8, 4) is 0 Å². The number of rotatable bonds is 6. The highest BCUT2D eigenvalue weighted by atomic mass is 79.9. The number of halogens is 1. The van der Waals surface area contributed by atoms with Crippen LogP contribution in [0.2, 0.25) is 0 Å². The molecular formula is C11H15BrN2O2. The monoisotopic (exact) mass is 286 g/mol. The topological polar surface area (TPSA) is 75.3 Å². The van der Waals surface area contributed by atoms with Crippen molar-refractivity contribution >= 4 is 21.9 Å². The van der Waals surface area contributed by atoms with Crippen LogP contribution in [0.3, 0.4) is 0 Å². The van der Waals surface area contributed by atoms with Crippen LogP contribution in [0.4, 0.5) is 0 Å². The average Bonchev–Trinajstić information content (AvgIpc) is 2.16. The van der Waals surface area contributed by atoms with Gasteiger partial charge < -0.3 is 16.2 Å². The number of carboxylic acids is 1. The van der Waals surface area contributed by atoms with Gasteiger partial charge in [0.25, 0.3) is 0 Å². The Morgan fingerprint density at radius 3 is 2.94 bits per heavy atom. The minimum absolute atomic E-state index is 0.00845. The van der Waals surface area contributed by atoms with Crippen molar-refractivity contribution in [1.29, 1.82) is 0 Å². The largest absolute Gasteiger partial charge is 0.481 e. The van der Waals surface area contributed by atoms with E-state index in [4.69, 9.17) is 10.8 Å².